The number of nitrogens with zero attached hydrogens (tertiary/aromatic N) is 1. The lowest BCUT2D eigenvalue weighted by Crippen LogP contribution is -3.13. The predicted octanol–water partition coefficient (Wildman–Crippen LogP) is 1.69. The maximum atomic E-state index is 12.4. The summed E-state index contributed by atoms with van der Waals surface area (Å²) in [6.07, 6.45) is 5.41. The van der Waals surface area contributed by atoms with E-state index in [1.165, 1.54) is 24.2 Å². The fourth-order valence-corrected chi connectivity index (χ4v) is 3.28. The molecule has 0 saturated carbocycles. The molecule has 2 aromatic rings. The van der Waals surface area contributed by atoms with E-state index in [2.05, 4.69) is 11.4 Å². The number of quaternary nitrogens is 1. The highest BCUT2D eigenvalue weighted by atomic mass is 16.3. The van der Waals surface area contributed by atoms with Crippen LogP contribution in [0.1, 0.15) is 47.0 Å². The third-order valence-corrected chi connectivity index (χ3v) is 4.62. The third kappa shape index (κ3) is 3.84. The molecule has 24 heavy (non-hydrogen) atoms. The van der Waals surface area contributed by atoms with Gasteiger partial charge in [-0.3, -0.25) is 4.79 Å². The van der Waals surface area contributed by atoms with Crippen LogP contribution in [-0.2, 0) is 0 Å². The van der Waals surface area contributed by atoms with Gasteiger partial charge in [-0.2, -0.15) is 5.26 Å². The molecule has 3 rings (SSSR count). The average Bonchev–Trinajstić information content (AvgIpc) is 3.17. The summed E-state index contributed by atoms with van der Waals surface area (Å²) >= 11 is 0. The molecule has 1 aliphatic heterocycles. The van der Waals surface area contributed by atoms with Gasteiger partial charge in [0, 0.05) is 5.56 Å². The van der Waals surface area contributed by atoms with E-state index in [0.29, 0.717) is 17.7 Å². The first-order valence-corrected chi connectivity index (χ1v) is 8.44. The second kappa shape index (κ2) is 7.80. The summed E-state index contributed by atoms with van der Waals surface area (Å²) < 4.78 is 5.61. The smallest absolute Gasteiger partial charge is 0.251 e. The molecule has 0 unspecified atom stereocenters. The quantitative estimate of drug-likeness (QED) is 0.879. The third-order valence-electron chi connectivity index (χ3n) is 4.62. The minimum Gasteiger partial charge on any atom is -0.463 e. The molecule has 0 bridgehead atoms. The van der Waals surface area contributed by atoms with Gasteiger partial charge in [0.25, 0.3) is 5.91 Å². The lowest BCUT2D eigenvalue weighted by atomic mass is 10.1. The number of amides is 1. The molecule has 0 radical (unpaired) electrons. The van der Waals surface area contributed by atoms with Crippen LogP contribution < -0.4 is 10.2 Å². The van der Waals surface area contributed by atoms with Gasteiger partial charge in [-0.15, -0.1) is 0 Å². The van der Waals surface area contributed by atoms with Crippen molar-refractivity contribution in [1.82, 2.24) is 5.32 Å². The van der Waals surface area contributed by atoms with E-state index in [-0.39, 0.29) is 11.9 Å². The Hall–Kier alpha value is -2.58. The molecule has 1 saturated heterocycles. The summed E-state index contributed by atoms with van der Waals surface area (Å²) in [6.45, 7) is 2.76. The van der Waals surface area contributed by atoms with Crippen molar-refractivity contribution in [1.29, 1.82) is 5.26 Å². The van der Waals surface area contributed by atoms with Crippen LogP contribution in [0.2, 0.25) is 0 Å². The van der Waals surface area contributed by atoms with Crippen LogP contribution in [-0.4, -0.2) is 25.5 Å². The second-order valence-electron chi connectivity index (χ2n) is 6.19. The first-order chi connectivity index (χ1) is 11.8. The van der Waals surface area contributed by atoms with Crippen molar-refractivity contribution in [2.24, 2.45) is 0 Å². The summed E-state index contributed by atoms with van der Waals surface area (Å²) in [4.78, 5) is 13.8. The molecule has 0 spiro atoms. The van der Waals surface area contributed by atoms with Gasteiger partial charge < -0.3 is 14.6 Å². The molecule has 1 aromatic heterocycles. The van der Waals surface area contributed by atoms with Gasteiger partial charge in [-0.1, -0.05) is 0 Å². The van der Waals surface area contributed by atoms with Gasteiger partial charge in [0.2, 0.25) is 0 Å². The minimum atomic E-state index is -0.118. The van der Waals surface area contributed by atoms with E-state index in [9.17, 15) is 4.79 Å². The van der Waals surface area contributed by atoms with Crippen LogP contribution in [0.3, 0.4) is 0 Å². The summed E-state index contributed by atoms with van der Waals surface area (Å²) in [5, 5.41) is 11.8. The number of nitriles is 1. The normalized spacial score (nSPS) is 16.3. The topological polar surface area (TPSA) is 70.5 Å². The van der Waals surface area contributed by atoms with Crippen LogP contribution >= 0.6 is 0 Å². The molecule has 0 aliphatic carbocycles. The van der Waals surface area contributed by atoms with Crippen molar-refractivity contribution in [2.45, 2.75) is 25.3 Å². The largest absolute Gasteiger partial charge is 0.463 e. The number of carbonyl (C=O) groups excluding carboxylic acids is 1. The molecule has 2 heterocycles. The molecule has 1 aromatic carbocycles. The zero-order chi connectivity index (χ0) is 16.8. The van der Waals surface area contributed by atoms with E-state index < -0.39 is 0 Å². The number of carbonyl (C=O) groups is 1. The van der Waals surface area contributed by atoms with Crippen molar-refractivity contribution >= 4 is 5.91 Å². The number of likely N-dealkylation sites (tertiary alicyclic amines) is 1. The number of piperidine rings is 1. The Morgan fingerprint density at radius 1 is 1.21 bits per heavy atom. The predicted molar refractivity (Wildman–Crippen MR) is 89.5 cm³/mol. The molecular weight excluding hydrogens is 302 g/mol. The summed E-state index contributed by atoms with van der Waals surface area (Å²) in [5.41, 5.74) is 1.12. The Kier molecular flexibility index (Phi) is 5.29. The van der Waals surface area contributed by atoms with E-state index in [1.807, 2.05) is 12.1 Å². The van der Waals surface area contributed by atoms with Crippen molar-refractivity contribution in [3.63, 3.8) is 0 Å². The highest BCUT2D eigenvalue weighted by Gasteiger charge is 2.28. The average molecular weight is 324 g/mol. The van der Waals surface area contributed by atoms with Crippen molar-refractivity contribution in [3.8, 4) is 6.07 Å². The van der Waals surface area contributed by atoms with Crippen LogP contribution in [0, 0.1) is 11.3 Å². The van der Waals surface area contributed by atoms with Gasteiger partial charge in [0.1, 0.15) is 0 Å². The summed E-state index contributed by atoms with van der Waals surface area (Å²) in [7, 11) is 0. The lowest BCUT2D eigenvalue weighted by molar-refractivity contribution is -0.936. The fourth-order valence-electron chi connectivity index (χ4n) is 3.28. The summed E-state index contributed by atoms with van der Waals surface area (Å²) in [6, 6.07) is 12.8. The highest BCUT2D eigenvalue weighted by Crippen LogP contribution is 2.12. The Morgan fingerprint density at radius 3 is 2.58 bits per heavy atom. The highest BCUT2D eigenvalue weighted by molar-refractivity contribution is 5.94. The van der Waals surface area contributed by atoms with Gasteiger partial charge in [0.15, 0.2) is 11.8 Å². The van der Waals surface area contributed by atoms with Gasteiger partial charge in [-0.05, 0) is 55.7 Å². The molecule has 5 heteroatoms. The fraction of sp³-hybridized carbons (Fsp3) is 0.368. The monoisotopic (exact) mass is 324 g/mol. The Morgan fingerprint density at radius 2 is 1.96 bits per heavy atom. The van der Waals surface area contributed by atoms with Gasteiger partial charge in [-0.25, -0.2) is 0 Å². The van der Waals surface area contributed by atoms with Crippen LogP contribution in [0.4, 0.5) is 0 Å². The van der Waals surface area contributed by atoms with Crippen molar-refractivity contribution in [3.05, 3.63) is 59.5 Å². The van der Waals surface area contributed by atoms with E-state index >= 15 is 0 Å². The van der Waals surface area contributed by atoms with Gasteiger partial charge in [0.05, 0.1) is 37.5 Å². The van der Waals surface area contributed by atoms with E-state index in [4.69, 9.17) is 9.68 Å². The Labute approximate surface area is 141 Å². The first kappa shape index (κ1) is 16.3. The number of hydrogen-bond donors (Lipinski definition) is 2. The minimum absolute atomic E-state index is 0.118. The number of nitrogens with one attached hydrogen (secondary N) is 2. The van der Waals surface area contributed by atoms with Gasteiger partial charge >= 0.3 is 0 Å². The Bertz CT molecular complexity index is 695. The number of benzene rings is 1. The molecular formula is C19H22N3O2+. The maximum Gasteiger partial charge on any atom is 0.251 e. The lowest BCUT2D eigenvalue weighted by Gasteiger charge is -2.30. The van der Waals surface area contributed by atoms with E-state index in [1.54, 1.807) is 30.5 Å². The molecule has 2 N–H and O–H groups in total. The molecule has 1 amide bonds. The van der Waals surface area contributed by atoms with Crippen LogP contribution in [0.15, 0.2) is 47.1 Å². The Balaban J connectivity index is 1.66. The number of rotatable bonds is 5. The molecule has 1 atom stereocenters. The van der Waals surface area contributed by atoms with Crippen LogP contribution in [0.25, 0.3) is 0 Å². The molecule has 1 fully saturated rings. The van der Waals surface area contributed by atoms with E-state index in [0.717, 1.165) is 18.8 Å². The van der Waals surface area contributed by atoms with Crippen LogP contribution in [0.5, 0.6) is 0 Å². The number of furan rings is 1. The number of hydrogen-bond acceptors (Lipinski definition) is 3. The standard InChI is InChI=1S/C19H21N3O2/c20-13-15-6-8-16(9-7-15)19(23)21-14-17(18-5-4-12-24-18)22-10-2-1-3-11-22/h4-9,12,17H,1-3,10-11,14H2,(H,21,23)/p+1/t17-/m0/s1. The van der Waals surface area contributed by atoms with Crippen molar-refractivity contribution in [2.75, 3.05) is 19.6 Å². The second-order valence-corrected chi connectivity index (χ2v) is 6.19. The molecule has 1 aliphatic rings. The maximum absolute atomic E-state index is 12.4. The van der Waals surface area contributed by atoms with Crippen molar-refractivity contribution < 1.29 is 14.1 Å². The molecule has 124 valence electrons. The SMILES string of the molecule is N#Cc1ccc(C(=O)NC[C@@H](c2ccco2)[NH+]2CCCCC2)cc1. The molecule has 5 nitrogen and oxygen atoms in total. The zero-order valence-electron chi connectivity index (χ0n) is 13.6. The first-order valence-electron chi connectivity index (χ1n) is 8.44. The summed E-state index contributed by atoms with van der Waals surface area (Å²) in [5.74, 6) is 0.805. The zero-order valence-corrected chi connectivity index (χ0v) is 13.6.